The van der Waals surface area contributed by atoms with E-state index in [2.05, 4.69) is 80.3 Å². The normalized spacial score (nSPS) is 11.2. The first kappa shape index (κ1) is 19.4. The second kappa shape index (κ2) is 8.61. The summed E-state index contributed by atoms with van der Waals surface area (Å²) in [6, 6.07) is 24.2. The van der Waals surface area contributed by atoms with E-state index in [-0.39, 0.29) is 5.91 Å². The number of halogens is 1. The Balaban J connectivity index is 1.57. The average Bonchev–Trinajstić information content (AvgIpc) is 3.08. The van der Waals surface area contributed by atoms with Crippen molar-refractivity contribution < 1.29 is 4.79 Å². The fourth-order valence-electron chi connectivity index (χ4n) is 3.34. The second-order valence-corrected chi connectivity index (χ2v) is 8.12. The second-order valence-electron chi connectivity index (χ2n) is 6.87. The van der Waals surface area contributed by atoms with E-state index in [1.54, 1.807) is 12.3 Å². The van der Waals surface area contributed by atoms with Gasteiger partial charge in [0.05, 0.1) is 6.21 Å². The molecule has 4 nitrogen and oxygen atoms in total. The molecule has 29 heavy (non-hydrogen) atoms. The SMILES string of the molecule is Cc1ccccc1C(=O)N/N=C/c1cn(Cc2ccc(I)cc2)c2ccccc12. The number of amides is 1. The van der Waals surface area contributed by atoms with E-state index in [1.807, 2.05) is 37.3 Å². The molecule has 4 aromatic rings. The van der Waals surface area contributed by atoms with Gasteiger partial charge in [-0.2, -0.15) is 5.10 Å². The minimum atomic E-state index is -0.207. The molecule has 4 rings (SSSR count). The first-order valence-electron chi connectivity index (χ1n) is 9.33. The average molecular weight is 493 g/mol. The number of hydrazone groups is 1. The quantitative estimate of drug-likeness (QED) is 0.227. The number of para-hydroxylation sites is 1. The van der Waals surface area contributed by atoms with Gasteiger partial charge in [0.25, 0.3) is 5.91 Å². The van der Waals surface area contributed by atoms with Crippen LogP contribution in [0.1, 0.15) is 27.0 Å². The van der Waals surface area contributed by atoms with E-state index in [1.165, 1.54) is 9.13 Å². The standard InChI is InChI=1S/C24H20IN3O/c1-17-6-2-3-7-21(17)24(29)27-26-14-19-16-28(23-9-5-4-8-22(19)23)15-18-10-12-20(25)13-11-18/h2-14,16H,15H2,1H3,(H,27,29)/b26-14+. The Morgan fingerprint density at radius 2 is 1.76 bits per heavy atom. The van der Waals surface area contributed by atoms with E-state index in [9.17, 15) is 4.79 Å². The molecule has 0 radical (unpaired) electrons. The molecular formula is C24H20IN3O. The molecule has 0 unspecified atom stereocenters. The summed E-state index contributed by atoms with van der Waals surface area (Å²) in [5.41, 5.74) is 7.54. The molecule has 144 valence electrons. The van der Waals surface area contributed by atoms with Crippen molar-refractivity contribution in [2.45, 2.75) is 13.5 Å². The number of fused-ring (bicyclic) bond motifs is 1. The van der Waals surface area contributed by atoms with Crippen molar-refractivity contribution in [1.82, 2.24) is 9.99 Å². The zero-order valence-electron chi connectivity index (χ0n) is 16.0. The summed E-state index contributed by atoms with van der Waals surface area (Å²) in [5.74, 6) is -0.207. The number of carbonyl (C=O) groups excluding carboxylic acids is 1. The maximum atomic E-state index is 12.4. The predicted molar refractivity (Wildman–Crippen MR) is 126 cm³/mol. The highest BCUT2D eigenvalue weighted by Crippen LogP contribution is 2.21. The highest BCUT2D eigenvalue weighted by atomic mass is 127. The highest BCUT2D eigenvalue weighted by Gasteiger charge is 2.09. The van der Waals surface area contributed by atoms with Crippen molar-refractivity contribution >= 4 is 45.6 Å². The van der Waals surface area contributed by atoms with Gasteiger partial charge < -0.3 is 4.57 Å². The number of nitrogens with one attached hydrogen (secondary N) is 1. The fourth-order valence-corrected chi connectivity index (χ4v) is 3.70. The van der Waals surface area contributed by atoms with Crippen molar-refractivity contribution in [2.24, 2.45) is 5.10 Å². The Labute approximate surface area is 183 Å². The van der Waals surface area contributed by atoms with Crippen LogP contribution >= 0.6 is 22.6 Å². The van der Waals surface area contributed by atoms with Gasteiger partial charge in [0.1, 0.15) is 0 Å². The molecule has 0 atom stereocenters. The molecule has 0 saturated heterocycles. The number of nitrogens with zero attached hydrogens (tertiary/aromatic N) is 2. The van der Waals surface area contributed by atoms with E-state index in [0.717, 1.165) is 28.6 Å². The summed E-state index contributed by atoms with van der Waals surface area (Å²) in [6.45, 7) is 2.69. The summed E-state index contributed by atoms with van der Waals surface area (Å²) in [4.78, 5) is 12.4. The number of hydrogen-bond acceptors (Lipinski definition) is 2. The maximum Gasteiger partial charge on any atom is 0.271 e. The molecule has 1 heterocycles. The van der Waals surface area contributed by atoms with Gasteiger partial charge in [0, 0.05) is 38.3 Å². The Bertz CT molecular complexity index is 1190. The van der Waals surface area contributed by atoms with Crippen LogP contribution in [0.4, 0.5) is 0 Å². The molecule has 0 aliphatic carbocycles. The van der Waals surface area contributed by atoms with Gasteiger partial charge >= 0.3 is 0 Å². The number of hydrogen-bond donors (Lipinski definition) is 1. The van der Waals surface area contributed by atoms with Gasteiger partial charge in [-0.1, -0.05) is 48.5 Å². The summed E-state index contributed by atoms with van der Waals surface area (Å²) in [6.07, 6.45) is 3.79. The van der Waals surface area contributed by atoms with Crippen LogP contribution in [0.25, 0.3) is 10.9 Å². The van der Waals surface area contributed by atoms with Gasteiger partial charge in [0.2, 0.25) is 0 Å². The van der Waals surface area contributed by atoms with Crippen molar-refractivity contribution in [3.8, 4) is 0 Å². The van der Waals surface area contributed by atoms with Crippen LogP contribution in [0.2, 0.25) is 0 Å². The molecule has 5 heteroatoms. The van der Waals surface area contributed by atoms with Gasteiger partial charge in [-0.05, 0) is 64.9 Å². The predicted octanol–water partition coefficient (Wildman–Crippen LogP) is 5.37. The molecular weight excluding hydrogens is 473 g/mol. The highest BCUT2D eigenvalue weighted by molar-refractivity contribution is 14.1. The van der Waals surface area contributed by atoms with Crippen LogP contribution < -0.4 is 5.43 Å². The van der Waals surface area contributed by atoms with Crippen molar-refractivity contribution in [2.75, 3.05) is 0 Å². The monoisotopic (exact) mass is 493 g/mol. The third kappa shape index (κ3) is 4.40. The Morgan fingerprint density at radius 1 is 1.03 bits per heavy atom. The summed E-state index contributed by atoms with van der Waals surface area (Å²) < 4.78 is 3.43. The largest absolute Gasteiger partial charge is 0.342 e. The number of carbonyl (C=O) groups is 1. The lowest BCUT2D eigenvalue weighted by atomic mass is 10.1. The summed E-state index contributed by atoms with van der Waals surface area (Å²) in [5, 5.41) is 5.31. The van der Waals surface area contributed by atoms with E-state index in [0.29, 0.717) is 5.56 Å². The Hall–Kier alpha value is -2.93. The lowest BCUT2D eigenvalue weighted by Crippen LogP contribution is -2.18. The van der Waals surface area contributed by atoms with Crippen LogP contribution in [-0.2, 0) is 6.54 Å². The summed E-state index contributed by atoms with van der Waals surface area (Å²) in [7, 11) is 0. The van der Waals surface area contributed by atoms with Gasteiger partial charge in [-0.15, -0.1) is 0 Å². The van der Waals surface area contributed by atoms with Crippen LogP contribution in [0.15, 0.2) is 84.1 Å². The van der Waals surface area contributed by atoms with Crippen LogP contribution in [0, 0.1) is 10.5 Å². The first-order valence-corrected chi connectivity index (χ1v) is 10.4. The molecule has 3 aromatic carbocycles. The molecule has 0 aliphatic rings. The molecule has 0 bridgehead atoms. The first-order chi connectivity index (χ1) is 14.1. The molecule has 1 N–H and O–H groups in total. The Morgan fingerprint density at radius 3 is 2.55 bits per heavy atom. The van der Waals surface area contributed by atoms with Crippen LogP contribution in [-0.4, -0.2) is 16.7 Å². The molecule has 1 aromatic heterocycles. The minimum absolute atomic E-state index is 0.207. The van der Waals surface area contributed by atoms with Gasteiger partial charge in [-0.3, -0.25) is 4.79 Å². The summed E-state index contributed by atoms with van der Waals surface area (Å²) >= 11 is 2.31. The third-order valence-corrected chi connectivity index (χ3v) is 5.56. The molecule has 0 saturated carbocycles. The topological polar surface area (TPSA) is 46.4 Å². The lowest BCUT2D eigenvalue weighted by molar-refractivity contribution is 0.0954. The number of aryl methyl sites for hydroxylation is 1. The zero-order chi connectivity index (χ0) is 20.2. The molecule has 1 amide bonds. The zero-order valence-corrected chi connectivity index (χ0v) is 18.1. The smallest absolute Gasteiger partial charge is 0.271 e. The third-order valence-electron chi connectivity index (χ3n) is 4.85. The molecule has 0 aliphatic heterocycles. The van der Waals surface area contributed by atoms with E-state index in [4.69, 9.17) is 0 Å². The van der Waals surface area contributed by atoms with Crippen molar-refractivity contribution in [1.29, 1.82) is 0 Å². The maximum absolute atomic E-state index is 12.4. The van der Waals surface area contributed by atoms with Gasteiger partial charge in [-0.25, -0.2) is 5.43 Å². The van der Waals surface area contributed by atoms with Crippen LogP contribution in [0.3, 0.4) is 0 Å². The lowest BCUT2D eigenvalue weighted by Gasteiger charge is -2.05. The van der Waals surface area contributed by atoms with Gasteiger partial charge in [0.15, 0.2) is 0 Å². The fraction of sp³-hybridized carbons (Fsp3) is 0.0833. The number of benzene rings is 3. The number of aromatic nitrogens is 1. The number of rotatable bonds is 5. The van der Waals surface area contributed by atoms with Crippen molar-refractivity contribution in [3.05, 3.63) is 105 Å². The Kier molecular flexibility index (Phi) is 5.76. The van der Waals surface area contributed by atoms with Crippen molar-refractivity contribution in [3.63, 3.8) is 0 Å². The minimum Gasteiger partial charge on any atom is -0.342 e. The van der Waals surface area contributed by atoms with E-state index >= 15 is 0 Å². The van der Waals surface area contributed by atoms with Crippen LogP contribution in [0.5, 0.6) is 0 Å². The van der Waals surface area contributed by atoms with E-state index < -0.39 is 0 Å². The molecule has 0 spiro atoms. The molecule has 0 fully saturated rings.